The molecule has 0 radical (unpaired) electrons. The lowest BCUT2D eigenvalue weighted by Crippen LogP contribution is -2.58. The van der Waals surface area contributed by atoms with E-state index in [1.54, 1.807) is 44.2 Å². The van der Waals surface area contributed by atoms with Gasteiger partial charge in [-0.3, -0.25) is 19.2 Å². The van der Waals surface area contributed by atoms with Gasteiger partial charge in [-0.15, -0.1) is 0 Å². The molecule has 3 amide bonds. The summed E-state index contributed by atoms with van der Waals surface area (Å²) < 4.78 is 0. The van der Waals surface area contributed by atoms with Crippen LogP contribution in [0.25, 0.3) is 0 Å². The molecular weight excluding hydrogens is 470 g/mol. The summed E-state index contributed by atoms with van der Waals surface area (Å²) in [6.45, 7) is 3.77. The van der Waals surface area contributed by atoms with Gasteiger partial charge >= 0.3 is 11.9 Å². The smallest absolute Gasteiger partial charge is 0.326 e. The van der Waals surface area contributed by atoms with E-state index < -0.39 is 60.2 Å². The van der Waals surface area contributed by atoms with Crippen LogP contribution in [-0.2, 0) is 30.4 Å². The summed E-state index contributed by atoms with van der Waals surface area (Å²) in [5.74, 6) is -5.21. The Balaban J connectivity index is 3.11. The number of carboxylic acids is 2. The largest absolute Gasteiger partial charge is 0.481 e. The molecule has 0 aliphatic heterocycles. The number of aliphatic carboxylic acids is 2. The molecule has 12 nitrogen and oxygen atoms in total. The van der Waals surface area contributed by atoms with E-state index in [2.05, 4.69) is 16.0 Å². The number of amides is 3. The highest BCUT2D eigenvalue weighted by Crippen LogP contribution is 2.08. The second-order valence-electron chi connectivity index (χ2n) is 8.86. The first-order valence-electron chi connectivity index (χ1n) is 11.8. The highest BCUT2D eigenvalue weighted by molar-refractivity contribution is 5.95. The predicted octanol–water partition coefficient (Wildman–Crippen LogP) is -0.645. The molecule has 0 aliphatic carbocycles. The van der Waals surface area contributed by atoms with Crippen molar-refractivity contribution in [2.75, 3.05) is 6.54 Å². The van der Waals surface area contributed by atoms with E-state index in [4.69, 9.17) is 11.5 Å². The molecule has 0 saturated heterocycles. The fourth-order valence-corrected chi connectivity index (χ4v) is 3.31. The van der Waals surface area contributed by atoms with Crippen LogP contribution in [-0.4, -0.2) is 70.6 Å². The average molecular weight is 508 g/mol. The highest BCUT2D eigenvalue weighted by Gasteiger charge is 2.32. The van der Waals surface area contributed by atoms with Crippen LogP contribution >= 0.6 is 0 Å². The number of nitrogens with two attached hydrogens (primary N) is 2. The summed E-state index contributed by atoms with van der Waals surface area (Å²) in [5, 5.41) is 26.0. The molecule has 1 aromatic carbocycles. The molecular formula is C24H37N5O7. The second kappa shape index (κ2) is 15.5. The van der Waals surface area contributed by atoms with Gasteiger partial charge in [0.2, 0.25) is 17.7 Å². The van der Waals surface area contributed by atoms with E-state index in [9.17, 15) is 34.2 Å². The van der Waals surface area contributed by atoms with Crippen LogP contribution in [0.4, 0.5) is 0 Å². The Morgan fingerprint density at radius 1 is 0.833 bits per heavy atom. The van der Waals surface area contributed by atoms with Gasteiger partial charge in [0.05, 0.1) is 12.5 Å². The minimum absolute atomic E-state index is 0.00674. The van der Waals surface area contributed by atoms with Gasteiger partial charge < -0.3 is 37.6 Å². The minimum atomic E-state index is -1.49. The molecule has 1 aromatic rings. The third kappa shape index (κ3) is 10.8. The maximum Gasteiger partial charge on any atom is 0.326 e. The Labute approximate surface area is 210 Å². The maximum absolute atomic E-state index is 13.1. The summed E-state index contributed by atoms with van der Waals surface area (Å²) >= 11 is 0. The third-order valence-electron chi connectivity index (χ3n) is 5.51. The van der Waals surface area contributed by atoms with Crippen LogP contribution in [0.2, 0.25) is 0 Å². The maximum atomic E-state index is 13.1. The molecule has 12 heteroatoms. The number of hydrogen-bond donors (Lipinski definition) is 7. The first-order chi connectivity index (χ1) is 17.0. The van der Waals surface area contributed by atoms with Gasteiger partial charge in [-0.1, -0.05) is 44.2 Å². The first kappa shape index (κ1) is 30.5. The van der Waals surface area contributed by atoms with Crippen molar-refractivity contribution in [2.24, 2.45) is 17.4 Å². The van der Waals surface area contributed by atoms with Crippen molar-refractivity contribution in [1.82, 2.24) is 16.0 Å². The van der Waals surface area contributed by atoms with E-state index in [1.165, 1.54) is 0 Å². The number of benzene rings is 1. The van der Waals surface area contributed by atoms with Gasteiger partial charge in [0.25, 0.3) is 0 Å². The molecule has 1 rings (SSSR count). The number of carbonyl (C=O) groups excluding carboxylic acids is 3. The lowest BCUT2D eigenvalue weighted by Gasteiger charge is -2.25. The molecule has 9 N–H and O–H groups in total. The Hall–Kier alpha value is -3.51. The number of unbranched alkanes of at least 4 members (excludes halogenated alkanes) is 1. The van der Waals surface area contributed by atoms with Crippen LogP contribution < -0.4 is 27.4 Å². The zero-order valence-corrected chi connectivity index (χ0v) is 20.6. The van der Waals surface area contributed by atoms with E-state index in [0.717, 1.165) is 0 Å². The zero-order valence-electron chi connectivity index (χ0n) is 20.6. The zero-order chi connectivity index (χ0) is 27.3. The summed E-state index contributed by atoms with van der Waals surface area (Å²) in [6.07, 6.45) is 0.478. The van der Waals surface area contributed by atoms with Crippen LogP contribution in [0.1, 0.15) is 45.1 Å². The molecule has 4 atom stereocenters. The lowest BCUT2D eigenvalue weighted by molar-refractivity contribution is -0.143. The molecule has 0 spiro atoms. The van der Waals surface area contributed by atoms with Crippen molar-refractivity contribution in [1.29, 1.82) is 0 Å². The van der Waals surface area contributed by atoms with Crippen molar-refractivity contribution >= 4 is 29.7 Å². The minimum Gasteiger partial charge on any atom is -0.481 e. The number of rotatable bonds is 16. The normalized spacial score (nSPS) is 14.2. The number of hydrogen-bond acceptors (Lipinski definition) is 7. The van der Waals surface area contributed by atoms with Crippen LogP contribution in [0, 0.1) is 5.92 Å². The van der Waals surface area contributed by atoms with E-state index in [-0.39, 0.29) is 18.8 Å². The quantitative estimate of drug-likeness (QED) is 0.141. The predicted molar refractivity (Wildman–Crippen MR) is 132 cm³/mol. The molecule has 0 bridgehead atoms. The molecule has 0 aromatic heterocycles. The second-order valence-corrected chi connectivity index (χ2v) is 8.86. The molecule has 0 aliphatic rings. The van der Waals surface area contributed by atoms with Gasteiger partial charge in [0.1, 0.15) is 18.1 Å². The lowest BCUT2D eigenvalue weighted by atomic mass is 10.0. The molecule has 36 heavy (non-hydrogen) atoms. The molecule has 200 valence electrons. The summed E-state index contributed by atoms with van der Waals surface area (Å²) in [6, 6.07) is 3.79. The van der Waals surface area contributed by atoms with Crippen molar-refractivity contribution in [3.63, 3.8) is 0 Å². The topological polar surface area (TPSA) is 214 Å². The summed E-state index contributed by atoms with van der Waals surface area (Å²) in [4.78, 5) is 61.4. The first-order valence-corrected chi connectivity index (χ1v) is 11.8. The van der Waals surface area contributed by atoms with Crippen molar-refractivity contribution in [3.05, 3.63) is 35.9 Å². The Bertz CT molecular complexity index is 894. The fourth-order valence-electron chi connectivity index (χ4n) is 3.31. The average Bonchev–Trinajstić information content (AvgIpc) is 2.82. The van der Waals surface area contributed by atoms with Gasteiger partial charge in [-0.05, 0) is 37.3 Å². The third-order valence-corrected chi connectivity index (χ3v) is 5.51. The Kier molecular flexibility index (Phi) is 13.1. The molecule has 0 heterocycles. The van der Waals surface area contributed by atoms with Crippen molar-refractivity contribution < 1.29 is 34.2 Å². The SMILES string of the molecule is CC(C)C(N)C(=O)NC(CC(=O)O)C(=O)NC(Cc1ccccc1)C(=O)NC(CCCCN)C(=O)O. The molecule has 0 saturated carbocycles. The fraction of sp³-hybridized carbons (Fsp3) is 0.542. The highest BCUT2D eigenvalue weighted by atomic mass is 16.4. The summed E-state index contributed by atoms with van der Waals surface area (Å²) in [7, 11) is 0. The number of carbonyl (C=O) groups is 5. The van der Waals surface area contributed by atoms with Crippen molar-refractivity contribution in [3.8, 4) is 0 Å². The number of carboxylic acid groups (broad SMARTS) is 2. The van der Waals surface area contributed by atoms with Gasteiger partial charge in [0.15, 0.2) is 0 Å². The van der Waals surface area contributed by atoms with Gasteiger partial charge in [-0.2, -0.15) is 0 Å². The van der Waals surface area contributed by atoms with Gasteiger partial charge in [-0.25, -0.2) is 4.79 Å². The van der Waals surface area contributed by atoms with Crippen LogP contribution in [0.15, 0.2) is 30.3 Å². The monoisotopic (exact) mass is 507 g/mol. The molecule has 0 fully saturated rings. The van der Waals surface area contributed by atoms with E-state index >= 15 is 0 Å². The number of nitrogens with one attached hydrogen (secondary N) is 3. The van der Waals surface area contributed by atoms with E-state index in [0.29, 0.717) is 24.9 Å². The molecule has 4 unspecified atom stereocenters. The van der Waals surface area contributed by atoms with Gasteiger partial charge in [0, 0.05) is 6.42 Å². The van der Waals surface area contributed by atoms with E-state index in [1.807, 2.05) is 0 Å². The standard InChI is InChI=1S/C24H37N5O7/c1-14(2)20(26)23(34)29-18(13-19(30)31)22(33)28-17(12-15-8-4-3-5-9-15)21(32)27-16(24(35)36)10-6-7-11-25/h3-5,8-9,14,16-18,20H,6-7,10-13,25-26H2,1-2H3,(H,27,32)(H,28,33)(H,29,34)(H,30,31)(H,35,36). The van der Waals surface area contributed by atoms with Crippen LogP contribution in [0.3, 0.4) is 0 Å². The van der Waals surface area contributed by atoms with Crippen molar-refractivity contribution in [2.45, 2.75) is 70.1 Å². The Morgan fingerprint density at radius 2 is 1.39 bits per heavy atom. The summed E-state index contributed by atoms with van der Waals surface area (Å²) in [5.41, 5.74) is 11.9. The Morgan fingerprint density at radius 3 is 1.92 bits per heavy atom. The van der Waals surface area contributed by atoms with Crippen LogP contribution in [0.5, 0.6) is 0 Å².